The first-order chi connectivity index (χ1) is 9.99. The van der Waals surface area contributed by atoms with Gasteiger partial charge in [0.15, 0.2) is 6.10 Å². The zero-order chi connectivity index (χ0) is 15.8. The Kier molecular flexibility index (Phi) is 8.77. The Hall–Kier alpha value is -0.180. The predicted molar refractivity (Wildman–Crippen MR) is 99.9 cm³/mol. The van der Waals surface area contributed by atoms with Crippen molar-refractivity contribution in [2.24, 2.45) is 0 Å². The molecule has 0 aliphatic heterocycles. The van der Waals surface area contributed by atoms with E-state index in [2.05, 4.69) is 77.8 Å². The van der Waals surface area contributed by atoms with Gasteiger partial charge in [-0.2, -0.15) is 0 Å². The predicted octanol–water partition coefficient (Wildman–Crippen LogP) is 1.94. The van der Waals surface area contributed by atoms with Gasteiger partial charge >= 0.3 is 0 Å². The lowest BCUT2D eigenvalue weighted by Gasteiger charge is -2.15. The minimum Gasteiger partial charge on any atom is -0.464 e. The first kappa shape index (κ1) is 18.9. The quantitative estimate of drug-likeness (QED) is 0.352. The lowest BCUT2D eigenvalue weighted by Crippen LogP contribution is -2.36. The third-order valence-corrected chi connectivity index (χ3v) is 4.65. The van der Waals surface area contributed by atoms with Gasteiger partial charge in [-0.05, 0) is 79.9 Å². The van der Waals surface area contributed by atoms with Gasteiger partial charge in [0.2, 0.25) is 0 Å². The first-order valence-corrected chi connectivity index (χ1v) is 8.80. The van der Waals surface area contributed by atoms with Crippen LogP contribution in [0, 0.1) is 10.7 Å². The molecule has 0 saturated heterocycles. The molecule has 0 saturated carbocycles. The summed E-state index contributed by atoms with van der Waals surface area (Å²) in [7, 11) is 0. The van der Waals surface area contributed by atoms with Crippen LogP contribution in [0.3, 0.4) is 0 Å². The Bertz CT molecular complexity index is 515. The standard InChI is InChI=1S/C12H10I3NO5/c13-7-1-9(14)11(10(15)2-7)12(19)16-3-8(21-6-18)4-20-5-17/h1-2,5-6,8H,3-4H2,(H,16,19). The lowest BCUT2D eigenvalue weighted by molar-refractivity contribution is -0.142. The Balaban J connectivity index is 2.72. The molecule has 0 fully saturated rings. The van der Waals surface area contributed by atoms with Crippen LogP contribution in [0.4, 0.5) is 0 Å². The number of carbonyl (C=O) groups is 3. The van der Waals surface area contributed by atoms with Crippen LogP contribution in [0.1, 0.15) is 10.4 Å². The van der Waals surface area contributed by atoms with Crippen LogP contribution in [-0.4, -0.2) is 38.1 Å². The molecule has 0 heterocycles. The fourth-order valence-electron chi connectivity index (χ4n) is 1.43. The summed E-state index contributed by atoms with van der Waals surface area (Å²) >= 11 is 6.37. The number of hydrogen-bond donors (Lipinski definition) is 1. The summed E-state index contributed by atoms with van der Waals surface area (Å²) in [6.45, 7) is 0.463. The molecule has 0 spiro atoms. The van der Waals surface area contributed by atoms with Crippen molar-refractivity contribution in [1.82, 2.24) is 5.32 Å². The first-order valence-electron chi connectivity index (χ1n) is 5.56. The minimum atomic E-state index is -0.712. The van der Waals surface area contributed by atoms with Crippen molar-refractivity contribution in [3.63, 3.8) is 0 Å². The molecule has 1 atom stereocenters. The molecular weight excluding hydrogens is 619 g/mol. The molecule has 1 amide bonds. The van der Waals surface area contributed by atoms with E-state index in [9.17, 15) is 14.4 Å². The van der Waals surface area contributed by atoms with E-state index in [0.717, 1.165) is 10.7 Å². The fraction of sp³-hybridized carbons (Fsp3) is 0.250. The summed E-state index contributed by atoms with van der Waals surface area (Å²) in [5.74, 6) is -0.272. The van der Waals surface area contributed by atoms with E-state index in [1.165, 1.54) is 0 Å². The Morgan fingerprint density at radius 1 is 1.19 bits per heavy atom. The van der Waals surface area contributed by atoms with Crippen molar-refractivity contribution >= 4 is 86.6 Å². The maximum atomic E-state index is 12.2. The lowest BCUT2D eigenvalue weighted by atomic mass is 10.2. The molecular formula is C12H10I3NO5. The van der Waals surface area contributed by atoms with Gasteiger partial charge in [0.25, 0.3) is 18.9 Å². The van der Waals surface area contributed by atoms with E-state index >= 15 is 0 Å². The van der Waals surface area contributed by atoms with Crippen LogP contribution in [0.25, 0.3) is 0 Å². The van der Waals surface area contributed by atoms with Crippen LogP contribution in [0.15, 0.2) is 12.1 Å². The molecule has 1 unspecified atom stereocenters. The largest absolute Gasteiger partial charge is 0.464 e. The van der Waals surface area contributed by atoms with E-state index in [1.54, 1.807) is 0 Å². The average molecular weight is 629 g/mol. The maximum absolute atomic E-state index is 12.2. The Morgan fingerprint density at radius 2 is 1.81 bits per heavy atom. The zero-order valence-electron chi connectivity index (χ0n) is 10.5. The van der Waals surface area contributed by atoms with Crippen molar-refractivity contribution in [3.8, 4) is 0 Å². The third-order valence-electron chi connectivity index (χ3n) is 2.32. The van der Waals surface area contributed by atoms with Crippen LogP contribution in [-0.2, 0) is 19.1 Å². The summed E-state index contributed by atoms with van der Waals surface area (Å²) in [6, 6.07) is 3.79. The molecule has 21 heavy (non-hydrogen) atoms. The SMILES string of the molecule is O=COCC(CNC(=O)c1c(I)cc(I)cc1I)OC=O. The highest BCUT2D eigenvalue weighted by Crippen LogP contribution is 2.22. The van der Waals surface area contributed by atoms with Crippen molar-refractivity contribution in [3.05, 3.63) is 28.4 Å². The molecule has 1 N–H and O–H groups in total. The molecule has 0 radical (unpaired) electrons. The molecule has 114 valence electrons. The molecule has 1 aromatic carbocycles. The monoisotopic (exact) mass is 629 g/mol. The van der Waals surface area contributed by atoms with Crippen molar-refractivity contribution in [2.75, 3.05) is 13.2 Å². The highest BCUT2D eigenvalue weighted by atomic mass is 127. The molecule has 6 nitrogen and oxygen atoms in total. The van der Waals surface area contributed by atoms with Crippen LogP contribution < -0.4 is 5.32 Å². The van der Waals surface area contributed by atoms with Gasteiger partial charge in [-0.25, -0.2) is 0 Å². The molecule has 0 aliphatic rings. The van der Waals surface area contributed by atoms with Crippen LogP contribution >= 0.6 is 67.8 Å². The number of benzene rings is 1. The van der Waals surface area contributed by atoms with Crippen LogP contribution in [0.5, 0.6) is 0 Å². The van der Waals surface area contributed by atoms with Crippen LogP contribution in [0.2, 0.25) is 0 Å². The molecule has 0 bridgehead atoms. The molecule has 1 aromatic rings. The van der Waals surface area contributed by atoms with Gasteiger partial charge in [0.05, 0.1) is 12.1 Å². The molecule has 0 aliphatic carbocycles. The zero-order valence-corrected chi connectivity index (χ0v) is 16.9. The van der Waals surface area contributed by atoms with Gasteiger partial charge in [0, 0.05) is 10.7 Å². The Morgan fingerprint density at radius 3 is 2.33 bits per heavy atom. The third kappa shape index (κ3) is 6.22. The number of rotatable bonds is 8. The summed E-state index contributed by atoms with van der Waals surface area (Å²) in [5.41, 5.74) is 0.567. The van der Waals surface area contributed by atoms with Crippen molar-refractivity contribution < 1.29 is 23.9 Å². The molecule has 0 aromatic heterocycles. The summed E-state index contributed by atoms with van der Waals surface area (Å²) in [6.07, 6.45) is -0.712. The molecule has 9 heteroatoms. The second-order valence-electron chi connectivity index (χ2n) is 3.74. The average Bonchev–Trinajstić information content (AvgIpc) is 2.40. The second kappa shape index (κ2) is 9.76. The highest BCUT2D eigenvalue weighted by Gasteiger charge is 2.17. The van der Waals surface area contributed by atoms with Gasteiger partial charge in [-0.1, -0.05) is 0 Å². The van der Waals surface area contributed by atoms with Gasteiger partial charge in [-0.15, -0.1) is 0 Å². The van der Waals surface area contributed by atoms with Crippen molar-refractivity contribution in [2.45, 2.75) is 6.10 Å². The van der Waals surface area contributed by atoms with E-state index in [-0.39, 0.29) is 32.0 Å². The maximum Gasteiger partial charge on any atom is 0.293 e. The number of ether oxygens (including phenoxy) is 2. The Labute approximate surface area is 162 Å². The fourth-order valence-corrected chi connectivity index (χ4v) is 5.50. The summed E-state index contributed by atoms with van der Waals surface area (Å²) in [5, 5.41) is 2.66. The van der Waals surface area contributed by atoms with Crippen molar-refractivity contribution in [1.29, 1.82) is 0 Å². The van der Waals surface area contributed by atoms with E-state index in [0.29, 0.717) is 5.56 Å². The normalized spacial score (nSPS) is 11.4. The van der Waals surface area contributed by atoms with Gasteiger partial charge < -0.3 is 14.8 Å². The number of nitrogens with one attached hydrogen (secondary N) is 1. The molecule has 1 rings (SSSR count). The van der Waals surface area contributed by atoms with E-state index in [1.807, 2.05) is 12.1 Å². The number of amides is 1. The topological polar surface area (TPSA) is 81.7 Å². The highest BCUT2D eigenvalue weighted by molar-refractivity contribution is 14.1. The second-order valence-corrected chi connectivity index (χ2v) is 7.31. The van der Waals surface area contributed by atoms with E-state index < -0.39 is 6.10 Å². The minimum absolute atomic E-state index is 0.0591. The number of halogens is 3. The summed E-state index contributed by atoms with van der Waals surface area (Å²) in [4.78, 5) is 32.7. The summed E-state index contributed by atoms with van der Waals surface area (Å²) < 4.78 is 12.0. The smallest absolute Gasteiger partial charge is 0.293 e. The van der Waals surface area contributed by atoms with Gasteiger partial charge in [-0.3, -0.25) is 14.4 Å². The van der Waals surface area contributed by atoms with E-state index in [4.69, 9.17) is 4.74 Å². The van der Waals surface area contributed by atoms with Gasteiger partial charge in [0.1, 0.15) is 6.61 Å². The number of carbonyl (C=O) groups excluding carboxylic acids is 3. The number of hydrogen-bond acceptors (Lipinski definition) is 5.